The minimum atomic E-state index is -0.491. The highest BCUT2D eigenvalue weighted by atomic mass is 35.5. The van der Waals surface area contributed by atoms with Crippen molar-refractivity contribution >= 4 is 17.3 Å². The first-order valence-corrected chi connectivity index (χ1v) is 5.24. The lowest BCUT2D eigenvalue weighted by Crippen LogP contribution is -1.92. The van der Waals surface area contributed by atoms with E-state index in [9.17, 15) is 10.1 Å². The zero-order valence-corrected chi connectivity index (χ0v) is 9.59. The molecule has 6 nitrogen and oxygen atoms in total. The number of benzene rings is 1. The molecule has 2 rings (SSSR count). The molecule has 0 radical (unpaired) electrons. The van der Waals surface area contributed by atoms with E-state index in [2.05, 4.69) is 10.1 Å². The molecule has 1 heterocycles. The van der Waals surface area contributed by atoms with E-state index in [1.165, 1.54) is 6.07 Å². The molecule has 0 aliphatic carbocycles. The predicted molar refractivity (Wildman–Crippen MR) is 60.7 cm³/mol. The van der Waals surface area contributed by atoms with Crippen LogP contribution in [0, 0.1) is 10.1 Å². The Labute approximate surface area is 101 Å². The number of halogens is 1. The first kappa shape index (κ1) is 11.5. The number of hydrogen-bond acceptors (Lipinski definition) is 5. The summed E-state index contributed by atoms with van der Waals surface area (Å²) in [6.45, 7) is 1.68. The molecule has 0 bridgehead atoms. The number of para-hydroxylation sites is 1. The second-order valence-electron chi connectivity index (χ2n) is 3.35. The summed E-state index contributed by atoms with van der Waals surface area (Å²) >= 11 is 5.78. The van der Waals surface area contributed by atoms with Crippen LogP contribution in [-0.4, -0.2) is 15.1 Å². The van der Waals surface area contributed by atoms with Crippen molar-refractivity contribution in [2.24, 2.45) is 0 Å². The fourth-order valence-corrected chi connectivity index (χ4v) is 1.42. The third-order valence-electron chi connectivity index (χ3n) is 2.12. The van der Waals surface area contributed by atoms with E-state index in [1.807, 2.05) is 0 Å². The standard InChI is InChI=1S/C10H8ClN3O3/c1-6(11)10-12-9(13-17-10)7-4-2-3-5-8(7)14(15)16/h2-6H,1H3. The summed E-state index contributed by atoms with van der Waals surface area (Å²) in [6.07, 6.45) is 0. The molecule has 0 aliphatic heterocycles. The van der Waals surface area contributed by atoms with Crippen molar-refractivity contribution in [2.45, 2.75) is 12.3 Å². The lowest BCUT2D eigenvalue weighted by atomic mass is 10.2. The van der Waals surface area contributed by atoms with Crippen molar-refractivity contribution < 1.29 is 9.45 Å². The Morgan fingerprint density at radius 2 is 2.18 bits per heavy atom. The minimum Gasteiger partial charge on any atom is -0.337 e. The number of nitro benzene ring substituents is 1. The van der Waals surface area contributed by atoms with Gasteiger partial charge in [-0.15, -0.1) is 11.6 Å². The molecule has 1 atom stereocenters. The maximum Gasteiger partial charge on any atom is 0.280 e. The van der Waals surface area contributed by atoms with Gasteiger partial charge in [0.25, 0.3) is 5.69 Å². The maximum atomic E-state index is 10.8. The summed E-state index contributed by atoms with van der Waals surface area (Å²) in [5, 5.41) is 14.1. The van der Waals surface area contributed by atoms with Crippen LogP contribution in [0.2, 0.25) is 0 Å². The Kier molecular flexibility index (Phi) is 3.06. The van der Waals surface area contributed by atoms with Crippen LogP contribution in [0.15, 0.2) is 28.8 Å². The molecule has 0 aliphatic rings. The summed E-state index contributed by atoms with van der Waals surface area (Å²) < 4.78 is 4.90. The van der Waals surface area contributed by atoms with Crippen LogP contribution in [0.5, 0.6) is 0 Å². The van der Waals surface area contributed by atoms with E-state index in [4.69, 9.17) is 16.1 Å². The van der Waals surface area contributed by atoms with E-state index >= 15 is 0 Å². The van der Waals surface area contributed by atoms with Crippen molar-refractivity contribution in [3.63, 3.8) is 0 Å². The van der Waals surface area contributed by atoms with Crippen molar-refractivity contribution in [1.29, 1.82) is 0 Å². The SMILES string of the molecule is CC(Cl)c1nc(-c2ccccc2[N+](=O)[O-])no1. The molecule has 17 heavy (non-hydrogen) atoms. The second kappa shape index (κ2) is 4.50. The number of hydrogen-bond donors (Lipinski definition) is 0. The molecule has 7 heteroatoms. The van der Waals surface area contributed by atoms with Crippen molar-refractivity contribution in [2.75, 3.05) is 0 Å². The van der Waals surface area contributed by atoms with Crippen LogP contribution in [0.4, 0.5) is 5.69 Å². The van der Waals surface area contributed by atoms with Crippen LogP contribution in [0.3, 0.4) is 0 Å². The van der Waals surface area contributed by atoms with E-state index in [1.54, 1.807) is 25.1 Å². The first-order chi connectivity index (χ1) is 8.09. The number of nitro groups is 1. The van der Waals surface area contributed by atoms with Crippen LogP contribution in [0.1, 0.15) is 18.2 Å². The fraction of sp³-hybridized carbons (Fsp3) is 0.200. The Balaban J connectivity index is 2.49. The fourth-order valence-electron chi connectivity index (χ4n) is 1.33. The topological polar surface area (TPSA) is 82.1 Å². The Morgan fingerprint density at radius 1 is 1.47 bits per heavy atom. The predicted octanol–water partition coefficient (Wildman–Crippen LogP) is 2.94. The molecular weight excluding hydrogens is 246 g/mol. The normalized spacial score (nSPS) is 12.4. The maximum absolute atomic E-state index is 10.8. The van der Waals surface area contributed by atoms with Gasteiger partial charge in [0, 0.05) is 6.07 Å². The monoisotopic (exact) mass is 253 g/mol. The lowest BCUT2D eigenvalue weighted by molar-refractivity contribution is -0.384. The number of aromatic nitrogens is 2. The van der Waals surface area contributed by atoms with Gasteiger partial charge in [-0.2, -0.15) is 4.98 Å². The van der Waals surface area contributed by atoms with E-state index in [0.29, 0.717) is 5.56 Å². The van der Waals surface area contributed by atoms with Gasteiger partial charge in [0.05, 0.1) is 4.92 Å². The number of alkyl halides is 1. The molecule has 0 saturated carbocycles. The third kappa shape index (κ3) is 2.26. The molecule has 1 aromatic carbocycles. The van der Waals surface area contributed by atoms with E-state index in [0.717, 1.165) is 0 Å². The molecule has 88 valence electrons. The molecule has 2 aromatic rings. The van der Waals surface area contributed by atoms with E-state index < -0.39 is 10.3 Å². The van der Waals surface area contributed by atoms with Gasteiger partial charge in [-0.1, -0.05) is 17.3 Å². The summed E-state index contributed by atoms with van der Waals surface area (Å²) in [7, 11) is 0. The second-order valence-corrected chi connectivity index (χ2v) is 4.00. The summed E-state index contributed by atoms with van der Waals surface area (Å²) in [5.41, 5.74) is 0.242. The van der Waals surface area contributed by atoms with Crippen molar-refractivity contribution in [3.05, 3.63) is 40.3 Å². The molecular formula is C10H8ClN3O3. The van der Waals surface area contributed by atoms with Crippen molar-refractivity contribution in [3.8, 4) is 11.4 Å². The van der Waals surface area contributed by atoms with E-state index in [-0.39, 0.29) is 17.4 Å². The highest BCUT2D eigenvalue weighted by Gasteiger charge is 2.20. The van der Waals surface area contributed by atoms with Crippen molar-refractivity contribution in [1.82, 2.24) is 10.1 Å². The molecule has 0 fully saturated rings. The highest BCUT2D eigenvalue weighted by molar-refractivity contribution is 6.20. The highest BCUT2D eigenvalue weighted by Crippen LogP contribution is 2.28. The van der Waals surface area contributed by atoms with Gasteiger partial charge >= 0.3 is 0 Å². The quantitative estimate of drug-likeness (QED) is 0.477. The average Bonchev–Trinajstić information content (AvgIpc) is 2.78. The van der Waals surface area contributed by atoms with Gasteiger partial charge < -0.3 is 4.52 Å². The smallest absolute Gasteiger partial charge is 0.280 e. The van der Waals surface area contributed by atoms with Gasteiger partial charge in [-0.25, -0.2) is 0 Å². The zero-order chi connectivity index (χ0) is 12.4. The lowest BCUT2D eigenvalue weighted by Gasteiger charge is -1.96. The number of rotatable bonds is 3. The molecule has 0 saturated heterocycles. The molecule has 0 amide bonds. The zero-order valence-electron chi connectivity index (χ0n) is 8.83. The first-order valence-electron chi connectivity index (χ1n) is 4.81. The third-order valence-corrected chi connectivity index (χ3v) is 2.31. The van der Waals surface area contributed by atoms with Crippen LogP contribution >= 0.6 is 11.6 Å². The summed E-state index contributed by atoms with van der Waals surface area (Å²) in [4.78, 5) is 14.3. The molecule has 1 unspecified atom stereocenters. The summed E-state index contributed by atoms with van der Waals surface area (Å²) in [5.74, 6) is 0.402. The van der Waals surface area contributed by atoms with Gasteiger partial charge in [0.1, 0.15) is 10.9 Å². The number of nitrogens with zero attached hydrogens (tertiary/aromatic N) is 3. The van der Waals surface area contributed by atoms with Gasteiger partial charge in [-0.05, 0) is 13.0 Å². The Hall–Kier alpha value is -1.95. The Morgan fingerprint density at radius 3 is 2.76 bits per heavy atom. The van der Waals surface area contributed by atoms with Crippen LogP contribution < -0.4 is 0 Å². The largest absolute Gasteiger partial charge is 0.337 e. The Bertz CT molecular complexity index is 553. The van der Waals surface area contributed by atoms with Gasteiger partial charge in [-0.3, -0.25) is 10.1 Å². The molecule has 0 N–H and O–H groups in total. The average molecular weight is 254 g/mol. The molecule has 1 aromatic heterocycles. The van der Waals surface area contributed by atoms with Crippen LogP contribution in [-0.2, 0) is 0 Å². The minimum absolute atomic E-state index is 0.0675. The summed E-state index contributed by atoms with van der Waals surface area (Å²) in [6, 6.07) is 6.19. The van der Waals surface area contributed by atoms with Gasteiger partial charge in [0.2, 0.25) is 11.7 Å². The molecule has 0 spiro atoms. The van der Waals surface area contributed by atoms with Gasteiger partial charge in [0.15, 0.2) is 0 Å². The van der Waals surface area contributed by atoms with Crippen LogP contribution in [0.25, 0.3) is 11.4 Å².